The van der Waals surface area contributed by atoms with Gasteiger partial charge in [-0.05, 0) is 31.9 Å². The molecule has 2 aliphatic rings. The maximum Gasteiger partial charge on any atom is 0.317 e. The molecule has 0 aromatic carbocycles. The highest BCUT2D eigenvalue weighted by molar-refractivity contribution is 7.99. The van der Waals surface area contributed by atoms with Crippen molar-refractivity contribution >= 4 is 23.7 Å². The first-order valence-corrected chi connectivity index (χ1v) is 9.16. The van der Waals surface area contributed by atoms with Gasteiger partial charge >= 0.3 is 6.03 Å². The summed E-state index contributed by atoms with van der Waals surface area (Å²) in [5.74, 6) is 0.140. The van der Waals surface area contributed by atoms with Crippen molar-refractivity contribution in [2.24, 2.45) is 0 Å². The molecule has 0 spiro atoms. The van der Waals surface area contributed by atoms with Gasteiger partial charge in [0.2, 0.25) is 5.91 Å². The fraction of sp³-hybridized carbons (Fsp3) is 0.867. The zero-order valence-corrected chi connectivity index (χ0v) is 14.1. The van der Waals surface area contributed by atoms with E-state index in [2.05, 4.69) is 18.5 Å². The van der Waals surface area contributed by atoms with Crippen LogP contribution in [-0.2, 0) is 4.79 Å². The van der Waals surface area contributed by atoms with Crippen molar-refractivity contribution < 1.29 is 9.59 Å². The Hall–Kier alpha value is -0.910. The molecule has 5 nitrogen and oxygen atoms in total. The molecular weight excluding hydrogens is 286 g/mol. The molecule has 1 N–H and O–H groups in total. The van der Waals surface area contributed by atoms with Gasteiger partial charge < -0.3 is 15.1 Å². The van der Waals surface area contributed by atoms with Gasteiger partial charge in [0.15, 0.2) is 0 Å². The molecule has 0 aromatic heterocycles. The van der Waals surface area contributed by atoms with Gasteiger partial charge in [-0.3, -0.25) is 4.79 Å². The van der Waals surface area contributed by atoms with E-state index < -0.39 is 0 Å². The molecule has 2 unspecified atom stereocenters. The minimum atomic E-state index is 0.0256. The summed E-state index contributed by atoms with van der Waals surface area (Å²) in [7, 11) is 0. The Morgan fingerprint density at radius 2 is 2.10 bits per heavy atom. The summed E-state index contributed by atoms with van der Waals surface area (Å²) in [4.78, 5) is 27.9. The van der Waals surface area contributed by atoms with E-state index in [0.717, 1.165) is 32.2 Å². The van der Waals surface area contributed by atoms with Gasteiger partial charge in [-0.15, -0.1) is 0 Å². The third-order valence-electron chi connectivity index (χ3n) is 4.38. The maximum atomic E-state index is 12.3. The van der Waals surface area contributed by atoms with Gasteiger partial charge in [-0.2, -0.15) is 11.8 Å². The maximum absolute atomic E-state index is 12.3. The summed E-state index contributed by atoms with van der Waals surface area (Å²) in [6, 6.07) is 0.626. The fourth-order valence-electron chi connectivity index (χ4n) is 2.86. The van der Waals surface area contributed by atoms with Crippen LogP contribution in [0.3, 0.4) is 0 Å². The van der Waals surface area contributed by atoms with Crippen molar-refractivity contribution in [2.75, 3.05) is 25.9 Å². The molecule has 1 aliphatic heterocycles. The van der Waals surface area contributed by atoms with Gasteiger partial charge in [-0.25, -0.2) is 4.79 Å². The zero-order valence-electron chi connectivity index (χ0n) is 13.3. The second kappa shape index (κ2) is 7.38. The van der Waals surface area contributed by atoms with Gasteiger partial charge in [0.25, 0.3) is 0 Å². The van der Waals surface area contributed by atoms with Crippen molar-refractivity contribution in [2.45, 2.75) is 56.9 Å². The Labute approximate surface area is 131 Å². The highest BCUT2D eigenvalue weighted by Crippen LogP contribution is 2.29. The summed E-state index contributed by atoms with van der Waals surface area (Å²) in [6.45, 7) is 5.95. The van der Waals surface area contributed by atoms with Crippen LogP contribution in [0.5, 0.6) is 0 Å². The summed E-state index contributed by atoms with van der Waals surface area (Å²) in [5.41, 5.74) is 0. The van der Waals surface area contributed by atoms with Crippen molar-refractivity contribution in [1.82, 2.24) is 15.1 Å². The van der Waals surface area contributed by atoms with Crippen molar-refractivity contribution in [3.63, 3.8) is 0 Å². The van der Waals surface area contributed by atoms with Crippen LogP contribution < -0.4 is 5.32 Å². The van der Waals surface area contributed by atoms with Gasteiger partial charge in [0.1, 0.15) is 0 Å². The van der Waals surface area contributed by atoms with Gasteiger partial charge in [0.05, 0.1) is 6.04 Å². The average Bonchev–Trinajstić information content (AvgIpc) is 3.19. The molecule has 21 heavy (non-hydrogen) atoms. The average molecular weight is 313 g/mol. The largest absolute Gasteiger partial charge is 0.338 e. The standard InChI is InChI=1S/C15H27N3O2S/c1-11(21-3)9-16-15(20)17-8-4-5-14(17)10-18(12(2)19)13-6-7-13/h11,13-14H,4-10H2,1-3H3,(H,16,20). The van der Waals surface area contributed by atoms with Crippen LogP contribution in [0.4, 0.5) is 4.79 Å². The zero-order chi connectivity index (χ0) is 15.4. The number of likely N-dealkylation sites (tertiary alicyclic amines) is 1. The molecule has 1 saturated carbocycles. The lowest BCUT2D eigenvalue weighted by molar-refractivity contribution is -0.130. The van der Waals surface area contributed by atoms with E-state index in [4.69, 9.17) is 0 Å². The van der Waals surface area contributed by atoms with E-state index in [0.29, 0.717) is 24.4 Å². The molecule has 6 heteroatoms. The molecule has 3 amide bonds. The quantitative estimate of drug-likeness (QED) is 0.815. The lowest BCUT2D eigenvalue weighted by atomic mass is 10.2. The molecule has 0 bridgehead atoms. The molecule has 2 rings (SSSR count). The Morgan fingerprint density at radius 1 is 1.38 bits per heavy atom. The van der Waals surface area contributed by atoms with Crippen LogP contribution in [0.15, 0.2) is 0 Å². The summed E-state index contributed by atoms with van der Waals surface area (Å²) >= 11 is 1.75. The molecular formula is C15H27N3O2S. The van der Waals surface area contributed by atoms with Crippen LogP contribution in [0, 0.1) is 0 Å². The molecule has 120 valence electrons. The van der Waals surface area contributed by atoms with E-state index in [1.54, 1.807) is 18.7 Å². The van der Waals surface area contributed by atoms with Crippen molar-refractivity contribution in [3.8, 4) is 0 Å². The first-order chi connectivity index (χ1) is 10.0. The predicted molar refractivity (Wildman–Crippen MR) is 86.5 cm³/mol. The Bertz CT molecular complexity index is 387. The Morgan fingerprint density at radius 3 is 2.67 bits per heavy atom. The summed E-state index contributed by atoms with van der Waals surface area (Å²) < 4.78 is 0. The topological polar surface area (TPSA) is 52.7 Å². The first-order valence-electron chi connectivity index (χ1n) is 7.87. The SMILES string of the molecule is CSC(C)CNC(=O)N1CCCC1CN(C(C)=O)C1CC1. The number of nitrogens with one attached hydrogen (secondary N) is 1. The number of hydrogen-bond acceptors (Lipinski definition) is 3. The van der Waals surface area contributed by atoms with E-state index in [9.17, 15) is 9.59 Å². The molecule has 1 aliphatic carbocycles. The van der Waals surface area contributed by atoms with E-state index >= 15 is 0 Å². The molecule has 1 saturated heterocycles. The minimum absolute atomic E-state index is 0.0256. The highest BCUT2D eigenvalue weighted by Gasteiger charge is 2.36. The summed E-state index contributed by atoms with van der Waals surface area (Å²) in [5, 5.41) is 3.44. The van der Waals surface area contributed by atoms with Crippen LogP contribution in [0.2, 0.25) is 0 Å². The van der Waals surface area contributed by atoms with Crippen molar-refractivity contribution in [1.29, 1.82) is 0 Å². The number of hydrogen-bond donors (Lipinski definition) is 1. The number of thioether (sulfide) groups is 1. The monoisotopic (exact) mass is 313 g/mol. The lowest BCUT2D eigenvalue weighted by Crippen LogP contribution is -2.49. The summed E-state index contributed by atoms with van der Waals surface area (Å²) in [6.07, 6.45) is 6.32. The van der Waals surface area contributed by atoms with Crippen LogP contribution in [0.1, 0.15) is 39.5 Å². The second-order valence-corrected chi connectivity index (χ2v) is 7.40. The Kier molecular flexibility index (Phi) is 5.79. The van der Waals surface area contributed by atoms with Gasteiger partial charge in [-0.1, -0.05) is 6.92 Å². The normalized spacial score (nSPS) is 23.0. The Balaban J connectivity index is 1.87. The van der Waals surface area contributed by atoms with Crippen molar-refractivity contribution in [3.05, 3.63) is 0 Å². The molecule has 1 heterocycles. The highest BCUT2D eigenvalue weighted by atomic mass is 32.2. The van der Waals surface area contributed by atoms with Gasteiger partial charge in [0, 0.05) is 37.8 Å². The fourth-order valence-corrected chi connectivity index (χ4v) is 3.11. The lowest BCUT2D eigenvalue weighted by Gasteiger charge is -2.30. The number of urea groups is 1. The van der Waals surface area contributed by atoms with E-state index in [-0.39, 0.29) is 18.0 Å². The van der Waals surface area contributed by atoms with Crippen LogP contribution in [0.25, 0.3) is 0 Å². The number of carbonyl (C=O) groups is 2. The third-order valence-corrected chi connectivity index (χ3v) is 5.35. The number of rotatable bonds is 6. The number of carbonyl (C=O) groups excluding carboxylic acids is 2. The second-order valence-electron chi connectivity index (χ2n) is 6.12. The van der Waals surface area contributed by atoms with Crippen LogP contribution >= 0.6 is 11.8 Å². The number of nitrogens with zero attached hydrogens (tertiary/aromatic N) is 2. The number of amides is 3. The minimum Gasteiger partial charge on any atom is -0.338 e. The van der Waals surface area contributed by atoms with E-state index in [1.807, 2.05) is 9.80 Å². The molecule has 0 aromatic rings. The molecule has 0 radical (unpaired) electrons. The predicted octanol–water partition coefficient (Wildman–Crippen LogP) is 1.92. The molecule has 2 fully saturated rings. The third kappa shape index (κ3) is 4.53. The smallest absolute Gasteiger partial charge is 0.317 e. The van der Waals surface area contributed by atoms with Crippen LogP contribution in [-0.4, -0.2) is 65.0 Å². The molecule has 2 atom stereocenters. The first kappa shape index (κ1) is 16.5. The van der Waals surface area contributed by atoms with E-state index in [1.165, 1.54) is 0 Å².